The number of thioether (sulfide) groups is 1. The molecule has 1 aliphatic rings. The first-order valence-corrected chi connectivity index (χ1v) is 6.81. The highest BCUT2D eigenvalue weighted by Gasteiger charge is 2.11. The van der Waals surface area contributed by atoms with Crippen molar-refractivity contribution in [1.29, 1.82) is 0 Å². The van der Waals surface area contributed by atoms with Crippen molar-refractivity contribution in [2.24, 2.45) is 0 Å². The zero-order chi connectivity index (χ0) is 10.3. The lowest BCUT2D eigenvalue weighted by Gasteiger charge is -2.22. The molecular weight excluding hydrogens is 240 g/mol. The minimum Gasteiger partial charge on any atom is -0.313 e. The highest BCUT2D eigenvalue weighted by atomic mass is 35.5. The monoisotopic (exact) mass is 258 g/mol. The van der Waals surface area contributed by atoms with Crippen LogP contribution in [0.2, 0.25) is 0 Å². The topological polar surface area (TPSA) is 24.9 Å². The number of hydrogen-bond acceptors (Lipinski definition) is 3. The molecule has 1 N–H and O–H groups in total. The Balaban J connectivity index is 0.00000128. The molecule has 0 aromatic carbocycles. The van der Waals surface area contributed by atoms with E-state index in [1.165, 1.54) is 37.3 Å². The second-order valence-corrected chi connectivity index (χ2v) is 5.01. The molecule has 1 fully saturated rings. The van der Waals surface area contributed by atoms with E-state index in [2.05, 4.69) is 22.4 Å². The summed E-state index contributed by atoms with van der Waals surface area (Å²) in [7, 11) is 0. The van der Waals surface area contributed by atoms with E-state index in [9.17, 15) is 0 Å². The second kappa shape index (κ2) is 7.93. The quantitative estimate of drug-likeness (QED) is 0.899. The van der Waals surface area contributed by atoms with Crippen molar-refractivity contribution in [2.75, 3.05) is 12.3 Å². The van der Waals surface area contributed by atoms with Gasteiger partial charge in [-0.05, 0) is 31.5 Å². The maximum atomic E-state index is 4.32. The SMILES string of the molecule is Cl.c1ccc(CSCC2CCCCN2)nc1. The minimum atomic E-state index is 0. The van der Waals surface area contributed by atoms with E-state index >= 15 is 0 Å². The molecular formula is C12H19ClN2S. The zero-order valence-corrected chi connectivity index (χ0v) is 11.0. The van der Waals surface area contributed by atoms with Gasteiger partial charge in [0, 0.05) is 23.7 Å². The van der Waals surface area contributed by atoms with E-state index in [0.29, 0.717) is 0 Å². The van der Waals surface area contributed by atoms with Gasteiger partial charge >= 0.3 is 0 Å². The average Bonchev–Trinajstić information content (AvgIpc) is 2.32. The summed E-state index contributed by atoms with van der Waals surface area (Å²) in [5, 5.41) is 3.56. The number of piperidine rings is 1. The Morgan fingerprint density at radius 2 is 2.31 bits per heavy atom. The van der Waals surface area contributed by atoms with E-state index in [0.717, 1.165) is 11.8 Å². The number of aromatic nitrogens is 1. The molecule has 0 radical (unpaired) electrons. The van der Waals surface area contributed by atoms with Crippen molar-refractivity contribution in [2.45, 2.75) is 31.1 Å². The smallest absolute Gasteiger partial charge is 0.0502 e. The lowest BCUT2D eigenvalue weighted by Crippen LogP contribution is -2.35. The molecule has 0 spiro atoms. The molecule has 1 aliphatic heterocycles. The summed E-state index contributed by atoms with van der Waals surface area (Å²) in [5.41, 5.74) is 1.19. The van der Waals surface area contributed by atoms with Crippen molar-refractivity contribution in [1.82, 2.24) is 10.3 Å². The molecule has 1 aromatic rings. The third-order valence-electron chi connectivity index (χ3n) is 2.71. The lowest BCUT2D eigenvalue weighted by atomic mass is 10.1. The van der Waals surface area contributed by atoms with Gasteiger partial charge in [0.2, 0.25) is 0 Å². The molecule has 1 atom stereocenters. The van der Waals surface area contributed by atoms with E-state index in [-0.39, 0.29) is 12.4 Å². The fourth-order valence-corrected chi connectivity index (χ4v) is 2.92. The summed E-state index contributed by atoms with van der Waals surface area (Å²) in [5.74, 6) is 2.26. The number of nitrogens with one attached hydrogen (secondary N) is 1. The van der Waals surface area contributed by atoms with Crippen LogP contribution >= 0.6 is 24.2 Å². The van der Waals surface area contributed by atoms with Crippen molar-refractivity contribution < 1.29 is 0 Å². The molecule has 2 rings (SSSR count). The maximum Gasteiger partial charge on any atom is 0.0502 e. The number of halogens is 1. The van der Waals surface area contributed by atoms with Gasteiger partial charge < -0.3 is 5.32 Å². The van der Waals surface area contributed by atoms with Gasteiger partial charge in [-0.2, -0.15) is 11.8 Å². The van der Waals surface area contributed by atoms with Crippen LogP contribution in [-0.2, 0) is 5.75 Å². The maximum absolute atomic E-state index is 4.32. The molecule has 0 bridgehead atoms. The average molecular weight is 259 g/mol. The highest BCUT2D eigenvalue weighted by Crippen LogP contribution is 2.15. The van der Waals surface area contributed by atoms with Gasteiger partial charge in [0.15, 0.2) is 0 Å². The number of hydrogen-bond donors (Lipinski definition) is 1. The van der Waals surface area contributed by atoms with Crippen LogP contribution in [0, 0.1) is 0 Å². The molecule has 1 aromatic heterocycles. The molecule has 0 saturated carbocycles. The van der Waals surface area contributed by atoms with Crippen molar-refractivity contribution in [3.63, 3.8) is 0 Å². The molecule has 0 aliphatic carbocycles. The van der Waals surface area contributed by atoms with Gasteiger partial charge in [0.05, 0.1) is 5.69 Å². The van der Waals surface area contributed by atoms with Crippen LogP contribution in [0.1, 0.15) is 25.0 Å². The molecule has 4 heteroatoms. The fraction of sp³-hybridized carbons (Fsp3) is 0.583. The predicted molar refractivity (Wildman–Crippen MR) is 73.3 cm³/mol. The second-order valence-electron chi connectivity index (χ2n) is 3.98. The zero-order valence-electron chi connectivity index (χ0n) is 9.39. The first-order valence-electron chi connectivity index (χ1n) is 5.66. The van der Waals surface area contributed by atoms with Crippen molar-refractivity contribution in [3.8, 4) is 0 Å². The Hall–Kier alpha value is -0.250. The van der Waals surface area contributed by atoms with E-state index < -0.39 is 0 Å². The van der Waals surface area contributed by atoms with Gasteiger partial charge in [-0.1, -0.05) is 12.5 Å². The van der Waals surface area contributed by atoms with Crippen LogP contribution in [0.5, 0.6) is 0 Å². The van der Waals surface area contributed by atoms with E-state index in [1.807, 2.05) is 24.0 Å². The summed E-state index contributed by atoms with van der Waals surface area (Å²) in [6.45, 7) is 1.20. The number of nitrogens with zero attached hydrogens (tertiary/aromatic N) is 1. The Morgan fingerprint density at radius 1 is 1.38 bits per heavy atom. The molecule has 1 unspecified atom stereocenters. The van der Waals surface area contributed by atoms with Crippen LogP contribution in [0.4, 0.5) is 0 Å². The van der Waals surface area contributed by atoms with Gasteiger partial charge in [-0.3, -0.25) is 4.98 Å². The molecule has 2 heterocycles. The highest BCUT2D eigenvalue weighted by molar-refractivity contribution is 7.98. The molecule has 1 saturated heterocycles. The summed E-state index contributed by atoms with van der Waals surface area (Å²) in [6.07, 6.45) is 5.95. The Labute approximate surface area is 108 Å². The summed E-state index contributed by atoms with van der Waals surface area (Å²) < 4.78 is 0. The van der Waals surface area contributed by atoms with Gasteiger partial charge in [-0.15, -0.1) is 12.4 Å². The number of rotatable bonds is 4. The van der Waals surface area contributed by atoms with Crippen LogP contribution in [0.15, 0.2) is 24.4 Å². The van der Waals surface area contributed by atoms with Crippen LogP contribution in [0.25, 0.3) is 0 Å². The first-order chi connectivity index (χ1) is 7.45. The lowest BCUT2D eigenvalue weighted by molar-refractivity contribution is 0.430. The third kappa shape index (κ3) is 4.73. The van der Waals surface area contributed by atoms with E-state index in [4.69, 9.17) is 0 Å². The normalized spacial score (nSPS) is 20.1. The van der Waals surface area contributed by atoms with Crippen LogP contribution in [-0.4, -0.2) is 23.3 Å². The fourth-order valence-electron chi connectivity index (χ4n) is 1.86. The molecule has 16 heavy (non-hydrogen) atoms. The standard InChI is InChI=1S/C12H18N2S.ClH/c1-3-7-13-11(5-1)9-15-10-12-6-2-4-8-14-12;/h1,3,5,7,12,14H,2,4,6,8-10H2;1H. The van der Waals surface area contributed by atoms with Gasteiger partial charge in [-0.25, -0.2) is 0 Å². The molecule has 0 amide bonds. The summed E-state index contributed by atoms with van der Waals surface area (Å²) in [4.78, 5) is 4.32. The summed E-state index contributed by atoms with van der Waals surface area (Å²) in [6, 6.07) is 6.85. The summed E-state index contributed by atoms with van der Waals surface area (Å²) >= 11 is 1.99. The predicted octanol–water partition coefficient (Wildman–Crippen LogP) is 2.88. The largest absolute Gasteiger partial charge is 0.313 e. The minimum absolute atomic E-state index is 0. The van der Waals surface area contributed by atoms with Crippen molar-refractivity contribution in [3.05, 3.63) is 30.1 Å². The van der Waals surface area contributed by atoms with Crippen LogP contribution in [0.3, 0.4) is 0 Å². The van der Waals surface area contributed by atoms with Crippen LogP contribution < -0.4 is 5.32 Å². The first kappa shape index (κ1) is 13.8. The van der Waals surface area contributed by atoms with E-state index in [1.54, 1.807) is 0 Å². The Kier molecular flexibility index (Phi) is 6.85. The van der Waals surface area contributed by atoms with Gasteiger partial charge in [0.1, 0.15) is 0 Å². The molecule has 2 nitrogen and oxygen atoms in total. The van der Waals surface area contributed by atoms with Gasteiger partial charge in [0.25, 0.3) is 0 Å². The Bertz CT molecular complexity index is 276. The Morgan fingerprint density at radius 3 is 3.00 bits per heavy atom. The van der Waals surface area contributed by atoms with Crippen molar-refractivity contribution >= 4 is 24.2 Å². The number of pyridine rings is 1. The molecule has 90 valence electrons. The third-order valence-corrected chi connectivity index (χ3v) is 3.85.